The van der Waals surface area contributed by atoms with Crippen LogP contribution in [0.15, 0.2) is 47.2 Å². The Morgan fingerprint density at radius 3 is 2.83 bits per heavy atom. The van der Waals surface area contributed by atoms with Crippen molar-refractivity contribution in [2.75, 3.05) is 44.3 Å². The highest BCUT2D eigenvalue weighted by Gasteiger charge is 2.22. The van der Waals surface area contributed by atoms with Gasteiger partial charge in [-0.15, -0.1) is 22.7 Å². The Hall–Kier alpha value is -1.77. The first-order valence-corrected chi connectivity index (χ1v) is 11.7. The van der Waals surface area contributed by atoms with Crippen molar-refractivity contribution < 1.29 is 9.53 Å². The fourth-order valence-electron chi connectivity index (χ4n) is 3.26. The van der Waals surface area contributed by atoms with E-state index in [0.717, 1.165) is 60.5 Å². The molecule has 0 bridgehead atoms. The number of rotatable bonds is 7. The minimum Gasteiger partial charge on any atom is -0.379 e. The van der Waals surface area contributed by atoms with Crippen LogP contribution in [-0.4, -0.2) is 55.2 Å². The zero-order valence-corrected chi connectivity index (χ0v) is 18.3. The number of ether oxygens (including phenoxy) is 1. The minimum atomic E-state index is 0.00831. The van der Waals surface area contributed by atoms with Crippen molar-refractivity contribution in [2.24, 2.45) is 0 Å². The molecule has 0 N–H and O–H groups in total. The summed E-state index contributed by atoms with van der Waals surface area (Å²) < 4.78 is 5.41. The molecular formula is C21H22ClN3O2S2. The number of anilines is 1. The number of benzene rings is 1. The number of morpholine rings is 1. The van der Waals surface area contributed by atoms with Gasteiger partial charge in [0.2, 0.25) is 0 Å². The molecule has 3 heterocycles. The first-order valence-electron chi connectivity index (χ1n) is 9.57. The van der Waals surface area contributed by atoms with E-state index in [4.69, 9.17) is 21.3 Å². The highest BCUT2D eigenvalue weighted by atomic mass is 35.5. The average Bonchev–Trinajstić information content (AvgIpc) is 3.44. The van der Waals surface area contributed by atoms with Crippen LogP contribution in [0.5, 0.6) is 0 Å². The number of aromatic nitrogens is 1. The smallest absolute Gasteiger partial charge is 0.270 e. The van der Waals surface area contributed by atoms with Crippen LogP contribution < -0.4 is 4.90 Å². The van der Waals surface area contributed by atoms with Crippen molar-refractivity contribution in [1.29, 1.82) is 0 Å². The number of hydrogen-bond acceptors (Lipinski definition) is 6. The maximum absolute atomic E-state index is 13.1. The van der Waals surface area contributed by atoms with Crippen LogP contribution in [0.1, 0.15) is 16.1 Å². The fourth-order valence-corrected chi connectivity index (χ4v) is 4.98. The summed E-state index contributed by atoms with van der Waals surface area (Å²) in [6.45, 7) is 5.06. The molecule has 1 aromatic carbocycles. The van der Waals surface area contributed by atoms with Crippen molar-refractivity contribution >= 4 is 45.3 Å². The van der Waals surface area contributed by atoms with Gasteiger partial charge in [0.1, 0.15) is 0 Å². The highest BCUT2D eigenvalue weighted by molar-refractivity contribution is 7.14. The van der Waals surface area contributed by atoms with Crippen molar-refractivity contribution in [3.05, 3.63) is 57.1 Å². The molecule has 0 unspecified atom stereocenters. The monoisotopic (exact) mass is 447 g/mol. The number of carbonyl (C=O) groups is 1. The zero-order chi connectivity index (χ0) is 20.1. The van der Waals surface area contributed by atoms with Gasteiger partial charge in [-0.2, -0.15) is 0 Å². The number of carbonyl (C=O) groups excluding carboxylic acids is 1. The summed E-state index contributed by atoms with van der Waals surface area (Å²) in [4.78, 5) is 22.8. The number of halogens is 1. The van der Waals surface area contributed by atoms with E-state index in [9.17, 15) is 4.79 Å². The Labute approximate surface area is 183 Å². The Morgan fingerprint density at radius 1 is 1.21 bits per heavy atom. The van der Waals surface area contributed by atoms with Gasteiger partial charge in [0.05, 0.1) is 23.8 Å². The summed E-state index contributed by atoms with van der Waals surface area (Å²) in [5, 5.41) is 5.31. The summed E-state index contributed by atoms with van der Waals surface area (Å²) in [6.07, 6.45) is 0.892. The molecular weight excluding hydrogens is 426 g/mol. The molecule has 3 aromatic rings. The Kier molecular flexibility index (Phi) is 6.94. The molecule has 8 heteroatoms. The molecule has 0 atom stereocenters. The van der Waals surface area contributed by atoms with Crippen molar-refractivity contribution in [1.82, 2.24) is 9.88 Å². The SMILES string of the molecule is O=C(c1cccs1)N(CCCN1CCOCC1)c1nc(-c2cccc(Cl)c2)cs1. The fraction of sp³-hybridized carbons (Fsp3) is 0.333. The van der Waals surface area contributed by atoms with Gasteiger partial charge in [-0.05, 0) is 30.0 Å². The first kappa shape index (κ1) is 20.5. The van der Waals surface area contributed by atoms with E-state index in [1.54, 1.807) is 0 Å². The zero-order valence-electron chi connectivity index (χ0n) is 15.9. The maximum atomic E-state index is 13.1. The lowest BCUT2D eigenvalue weighted by atomic mass is 10.2. The lowest BCUT2D eigenvalue weighted by Crippen LogP contribution is -2.39. The molecule has 5 nitrogen and oxygen atoms in total. The standard InChI is InChI=1S/C21H22ClN3O2S2/c22-17-5-1-4-16(14-17)18-15-29-21(23-18)25(20(26)19-6-2-13-28-19)8-3-7-24-9-11-27-12-10-24/h1-2,4-6,13-15H,3,7-12H2. The van der Waals surface area contributed by atoms with Crippen molar-refractivity contribution in [2.45, 2.75) is 6.42 Å². The molecule has 1 aliphatic heterocycles. The van der Waals surface area contributed by atoms with Crippen LogP contribution >= 0.6 is 34.3 Å². The van der Waals surface area contributed by atoms with E-state index >= 15 is 0 Å². The lowest BCUT2D eigenvalue weighted by molar-refractivity contribution is 0.0376. The number of amides is 1. The number of thiazole rings is 1. The predicted molar refractivity (Wildman–Crippen MR) is 120 cm³/mol. The molecule has 4 rings (SSSR count). The predicted octanol–water partition coefficient (Wildman–Crippen LogP) is 4.89. The number of nitrogens with zero attached hydrogens (tertiary/aromatic N) is 3. The van der Waals surface area contributed by atoms with Gasteiger partial charge < -0.3 is 4.74 Å². The minimum absolute atomic E-state index is 0.00831. The molecule has 0 spiro atoms. The molecule has 152 valence electrons. The van der Waals surface area contributed by atoms with Crippen molar-refractivity contribution in [3.8, 4) is 11.3 Å². The van der Waals surface area contributed by atoms with Gasteiger partial charge >= 0.3 is 0 Å². The summed E-state index contributed by atoms with van der Waals surface area (Å²) in [7, 11) is 0. The average molecular weight is 448 g/mol. The normalized spacial score (nSPS) is 14.8. The van der Waals surface area contributed by atoms with Crippen LogP contribution in [-0.2, 0) is 4.74 Å². The molecule has 1 fully saturated rings. The molecule has 1 amide bonds. The summed E-state index contributed by atoms with van der Waals surface area (Å²) >= 11 is 9.08. The first-order chi connectivity index (χ1) is 14.2. The van der Waals surface area contributed by atoms with Crippen molar-refractivity contribution in [3.63, 3.8) is 0 Å². The third kappa shape index (κ3) is 5.24. The summed E-state index contributed by atoms with van der Waals surface area (Å²) in [6, 6.07) is 11.4. The van der Waals surface area contributed by atoms with Crippen LogP contribution in [0.3, 0.4) is 0 Å². The Bertz CT molecular complexity index is 939. The van der Waals surface area contributed by atoms with Gasteiger partial charge in [0.25, 0.3) is 5.91 Å². The van der Waals surface area contributed by atoms with Crippen LogP contribution in [0, 0.1) is 0 Å². The van der Waals surface area contributed by atoms with E-state index in [1.807, 2.05) is 52.1 Å². The van der Waals surface area contributed by atoms with E-state index in [0.29, 0.717) is 11.6 Å². The van der Waals surface area contributed by atoms with Gasteiger partial charge in [-0.25, -0.2) is 4.98 Å². The molecule has 0 saturated carbocycles. The van der Waals surface area contributed by atoms with E-state index in [-0.39, 0.29) is 5.91 Å². The molecule has 1 saturated heterocycles. The number of thiophene rings is 1. The van der Waals surface area contributed by atoms with Crippen LogP contribution in [0.2, 0.25) is 5.02 Å². The van der Waals surface area contributed by atoms with E-state index in [1.165, 1.54) is 22.7 Å². The molecule has 1 aliphatic rings. The molecule has 0 radical (unpaired) electrons. The Balaban J connectivity index is 1.51. The Morgan fingerprint density at radius 2 is 2.07 bits per heavy atom. The topological polar surface area (TPSA) is 45.7 Å². The van der Waals surface area contributed by atoms with Gasteiger partial charge in [-0.3, -0.25) is 14.6 Å². The van der Waals surface area contributed by atoms with Crippen LogP contribution in [0.4, 0.5) is 5.13 Å². The third-order valence-electron chi connectivity index (χ3n) is 4.78. The van der Waals surface area contributed by atoms with E-state index < -0.39 is 0 Å². The van der Waals surface area contributed by atoms with Gasteiger partial charge in [0, 0.05) is 42.1 Å². The highest BCUT2D eigenvalue weighted by Crippen LogP contribution is 2.30. The molecule has 2 aromatic heterocycles. The second kappa shape index (κ2) is 9.82. The largest absolute Gasteiger partial charge is 0.379 e. The molecule has 0 aliphatic carbocycles. The third-order valence-corrected chi connectivity index (χ3v) is 6.74. The summed E-state index contributed by atoms with van der Waals surface area (Å²) in [5.74, 6) is 0.00831. The maximum Gasteiger partial charge on any atom is 0.270 e. The van der Waals surface area contributed by atoms with Gasteiger partial charge in [-0.1, -0.05) is 29.8 Å². The molecule has 29 heavy (non-hydrogen) atoms. The lowest BCUT2D eigenvalue weighted by Gasteiger charge is -2.27. The summed E-state index contributed by atoms with van der Waals surface area (Å²) in [5.41, 5.74) is 1.79. The second-order valence-corrected chi connectivity index (χ2v) is 8.99. The number of hydrogen-bond donors (Lipinski definition) is 0. The van der Waals surface area contributed by atoms with E-state index in [2.05, 4.69) is 4.90 Å². The van der Waals surface area contributed by atoms with Gasteiger partial charge in [0.15, 0.2) is 5.13 Å². The van der Waals surface area contributed by atoms with Crippen LogP contribution in [0.25, 0.3) is 11.3 Å². The quantitative estimate of drug-likeness (QED) is 0.517. The second-order valence-electron chi connectivity index (χ2n) is 6.77.